The van der Waals surface area contributed by atoms with E-state index in [9.17, 15) is 9.18 Å². The predicted octanol–water partition coefficient (Wildman–Crippen LogP) is 3.49. The molecule has 0 saturated heterocycles. The van der Waals surface area contributed by atoms with Crippen molar-refractivity contribution in [2.24, 2.45) is 0 Å². The molecule has 0 unspecified atom stereocenters. The Labute approximate surface area is 130 Å². The number of nitrogens with two attached hydrogens (primary N) is 1. The number of anilines is 3. The molecule has 2 rings (SSSR count). The molecule has 3 N–H and O–H groups in total. The molecule has 0 atom stereocenters. The lowest BCUT2D eigenvalue weighted by molar-refractivity contribution is 0.102. The third-order valence-corrected chi connectivity index (χ3v) is 3.63. The Balaban J connectivity index is 2.27. The average molecular weight is 352 g/mol. The first-order chi connectivity index (χ1) is 9.90. The van der Waals surface area contributed by atoms with E-state index in [1.54, 1.807) is 30.3 Å². The van der Waals surface area contributed by atoms with E-state index in [1.807, 2.05) is 19.0 Å². The maximum absolute atomic E-state index is 13.7. The number of hydrogen-bond acceptors (Lipinski definition) is 3. The third kappa shape index (κ3) is 3.33. The van der Waals surface area contributed by atoms with Crippen LogP contribution in [0.3, 0.4) is 0 Å². The molecule has 0 aliphatic rings. The molecule has 0 radical (unpaired) electrons. The molecule has 110 valence electrons. The van der Waals surface area contributed by atoms with Gasteiger partial charge >= 0.3 is 0 Å². The first-order valence-electron chi connectivity index (χ1n) is 6.22. The molecule has 6 heteroatoms. The second-order valence-corrected chi connectivity index (χ2v) is 5.57. The Bertz CT molecular complexity index is 668. The van der Waals surface area contributed by atoms with E-state index in [-0.39, 0.29) is 5.69 Å². The van der Waals surface area contributed by atoms with Crippen molar-refractivity contribution in [2.45, 2.75) is 0 Å². The zero-order valence-electron chi connectivity index (χ0n) is 11.7. The van der Waals surface area contributed by atoms with Gasteiger partial charge in [0.05, 0.1) is 17.1 Å². The van der Waals surface area contributed by atoms with Gasteiger partial charge in [-0.25, -0.2) is 4.39 Å². The van der Waals surface area contributed by atoms with Crippen molar-refractivity contribution in [1.29, 1.82) is 0 Å². The largest absolute Gasteiger partial charge is 0.397 e. The summed E-state index contributed by atoms with van der Waals surface area (Å²) < 4.78 is 14.2. The van der Waals surface area contributed by atoms with Gasteiger partial charge in [-0.2, -0.15) is 0 Å². The highest BCUT2D eigenvalue weighted by Crippen LogP contribution is 2.27. The summed E-state index contributed by atoms with van der Waals surface area (Å²) >= 11 is 3.21. The highest BCUT2D eigenvalue weighted by molar-refractivity contribution is 9.10. The number of para-hydroxylation sites is 1. The van der Waals surface area contributed by atoms with E-state index < -0.39 is 11.7 Å². The molecule has 4 nitrogen and oxygen atoms in total. The van der Waals surface area contributed by atoms with Crippen molar-refractivity contribution in [3.05, 3.63) is 52.3 Å². The van der Waals surface area contributed by atoms with Gasteiger partial charge in [0.2, 0.25) is 0 Å². The number of carbonyl (C=O) groups excluding carboxylic acids is 1. The number of carbonyl (C=O) groups is 1. The van der Waals surface area contributed by atoms with Crippen molar-refractivity contribution in [3.63, 3.8) is 0 Å². The number of nitrogens with one attached hydrogen (secondary N) is 1. The zero-order chi connectivity index (χ0) is 15.6. The van der Waals surface area contributed by atoms with Gasteiger partial charge in [-0.05, 0) is 46.3 Å². The van der Waals surface area contributed by atoms with E-state index in [0.29, 0.717) is 15.7 Å². The van der Waals surface area contributed by atoms with E-state index in [0.717, 1.165) is 5.69 Å². The maximum atomic E-state index is 13.7. The molecule has 0 saturated carbocycles. The topological polar surface area (TPSA) is 58.4 Å². The highest BCUT2D eigenvalue weighted by Gasteiger charge is 2.13. The summed E-state index contributed by atoms with van der Waals surface area (Å²) in [6.45, 7) is 0. The van der Waals surface area contributed by atoms with Crippen LogP contribution < -0.4 is 16.0 Å². The number of amides is 1. The van der Waals surface area contributed by atoms with Crippen LogP contribution in [-0.4, -0.2) is 20.0 Å². The molecule has 0 bridgehead atoms. The summed E-state index contributed by atoms with van der Waals surface area (Å²) in [5.74, 6) is -0.923. The van der Waals surface area contributed by atoms with Gasteiger partial charge < -0.3 is 16.0 Å². The van der Waals surface area contributed by atoms with Crippen molar-refractivity contribution in [2.75, 3.05) is 30.0 Å². The van der Waals surface area contributed by atoms with Gasteiger partial charge in [0.15, 0.2) is 0 Å². The fourth-order valence-electron chi connectivity index (χ4n) is 1.91. The van der Waals surface area contributed by atoms with Gasteiger partial charge in [-0.15, -0.1) is 0 Å². The van der Waals surface area contributed by atoms with Crippen LogP contribution in [-0.2, 0) is 0 Å². The van der Waals surface area contributed by atoms with Crippen LogP contribution in [0.2, 0.25) is 0 Å². The zero-order valence-corrected chi connectivity index (χ0v) is 13.2. The van der Waals surface area contributed by atoms with Crippen molar-refractivity contribution < 1.29 is 9.18 Å². The van der Waals surface area contributed by atoms with Crippen molar-refractivity contribution in [3.8, 4) is 0 Å². The maximum Gasteiger partial charge on any atom is 0.255 e. The SMILES string of the molecule is CN(C)c1ccc(C(=O)Nc2c(F)cccc2Br)cc1N. The molecule has 0 aliphatic carbocycles. The molecule has 0 heterocycles. The first kappa shape index (κ1) is 15.3. The van der Waals surface area contributed by atoms with E-state index >= 15 is 0 Å². The highest BCUT2D eigenvalue weighted by atomic mass is 79.9. The predicted molar refractivity (Wildman–Crippen MR) is 87.2 cm³/mol. The molecule has 0 fully saturated rings. The third-order valence-electron chi connectivity index (χ3n) is 2.97. The van der Waals surface area contributed by atoms with Crippen molar-refractivity contribution in [1.82, 2.24) is 0 Å². The van der Waals surface area contributed by atoms with Crippen molar-refractivity contribution >= 4 is 38.9 Å². The van der Waals surface area contributed by atoms with Crippen LogP contribution in [0.5, 0.6) is 0 Å². The number of benzene rings is 2. The second-order valence-electron chi connectivity index (χ2n) is 4.72. The smallest absolute Gasteiger partial charge is 0.255 e. The molecule has 2 aromatic rings. The standard InChI is InChI=1S/C15H15BrFN3O/c1-20(2)13-7-6-9(8-12(13)18)15(21)19-14-10(16)4-3-5-11(14)17/h3-8H,18H2,1-2H3,(H,19,21). The normalized spacial score (nSPS) is 10.3. The molecule has 0 aliphatic heterocycles. The number of nitrogens with zero attached hydrogens (tertiary/aromatic N) is 1. The Hall–Kier alpha value is -2.08. The van der Waals surface area contributed by atoms with E-state index in [1.165, 1.54) is 6.07 Å². The summed E-state index contributed by atoms with van der Waals surface area (Å²) in [6.07, 6.45) is 0. The van der Waals surface area contributed by atoms with Gasteiger partial charge in [-0.3, -0.25) is 4.79 Å². The minimum Gasteiger partial charge on any atom is -0.397 e. The number of nitrogen functional groups attached to an aromatic ring is 1. The summed E-state index contributed by atoms with van der Waals surface area (Å²) in [7, 11) is 3.73. The fraction of sp³-hybridized carbons (Fsp3) is 0.133. The van der Waals surface area contributed by atoms with Gasteiger partial charge in [0, 0.05) is 24.1 Å². The van der Waals surface area contributed by atoms with E-state index in [2.05, 4.69) is 21.2 Å². The van der Waals surface area contributed by atoms with Crippen LogP contribution in [0.4, 0.5) is 21.5 Å². The fourth-order valence-corrected chi connectivity index (χ4v) is 2.35. The molecule has 1 amide bonds. The van der Waals surface area contributed by atoms with Crippen LogP contribution in [0, 0.1) is 5.82 Å². The lowest BCUT2D eigenvalue weighted by atomic mass is 10.1. The van der Waals surface area contributed by atoms with Crippen LogP contribution in [0.15, 0.2) is 40.9 Å². The Morgan fingerprint density at radius 3 is 2.57 bits per heavy atom. The number of hydrogen-bond donors (Lipinski definition) is 2. The monoisotopic (exact) mass is 351 g/mol. The Kier molecular flexibility index (Phi) is 4.47. The minimum atomic E-state index is -0.504. The molecule has 21 heavy (non-hydrogen) atoms. The van der Waals surface area contributed by atoms with Gasteiger partial charge in [-0.1, -0.05) is 6.07 Å². The summed E-state index contributed by atoms with van der Waals surface area (Å²) in [5, 5.41) is 2.54. The number of halogens is 2. The van der Waals surface area contributed by atoms with Crippen LogP contribution in [0.1, 0.15) is 10.4 Å². The average Bonchev–Trinajstić information content (AvgIpc) is 2.42. The molecule has 0 aromatic heterocycles. The Morgan fingerprint density at radius 1 is 1.29 bits per heavy atom. The molecular formula is C15H15BrFN3O. The van der Waals surface area contributed by atoms with Crippen LogP contribution in [0.25, 0.3) is 0 Å². The van der Waals surface area contributed by atoms with Gasteiger partial charge in [0.1, 0.15) is 5.82 Å². The minimum absolute atomic E-state index is 0.109. The number of rotatable bonds is 3. The van der Waals surface area contributed by atoms with Gasteiger partial charge in [0.25, 0.3) is 5.91 Å². The molecule has 0 spiro atoms. The quantitative estimate of drug-likeness (QED) is 0.832. The summed E-state index contributed by atoms with van der Waals surface area (Å²) in [4.78, 5) is 14.0. The Morgan fingerprint density at radius 2 is 2.00 bits per heavy atom. The first-order valence-corrected chi connectivity index (χ1v) is 7.01. The lowest BCUT2D eigenvalue weighted by Gasteiger charge is -2.16. The lowest BCUT2D eigenvalue weighted by Crippen LogP contribution is -2.15. The summed E-state index contributed by atoms with van der Waals surface area (Å²) in [6, 6.07) is 9.46. The van der Waals surface area contributed by atoms with Crippen LogP contribution >= 0.6 is 15.9 Å². The summed E-state index contributed by atoms with van der Waals surface area (Å²) in [5.41, 5.74) is 7.69. The van der Waals surface area contributed by atoms with E-state index in [4.69, 9.17) is 5.73 Å². The molecular weight excluding hydrogens is 337 g/mol. The second kappa shape index (κ2) is 6.13. The molecule has 2 aromatic carbocycles.